The van der Waals surface area contributed by atoms with Crippen LogP contribution in [0.5, 0.6) is 5.75 Å². The molecule has 0 saturated heterocycles. The van der Waals surface area contributed by atoms with Gasteiger partial charge >= 0.3 is 0 Å². The molecule has 3 rings (SSSR count). The Morgan fingerprint density at radius 3 is 2.59 bits per heavy atom. The molecule has 1 aromatic carbocycles. The Bertz CT molecular complexity index is 933. The molecule has 2 amide bonds. The van der Waals surface area contributed by atoms with Gasteiger partial charge in [0.2, 0.25) is 5.91 Å². The third-order valence-electron chi connectivity index (χ3n) is 3.88. The maximum absolute atomic E-state index is 12.4. The molecule has 1 atom stereocenters. The number of anilines is 1. The molecule has 0 spiro atoms. The second-order valence-corrected chi connectivity index (χ2v) is 7.02. The summed E-state index contributed by atoms with van der Waals surface area (Å²) in [6.45, 7) is 3.54. The number of amides is 2. The van der Waals surface area contributed by atoms with Gasteiger partial charge in [-0.1, -0.05) is 0 Å². The van der Waals surface area contributed by atoms with Crippen molar-refractivity contribution in [2.75, 3.05) is 12.4 Å². The summed E-state index contributed by atoms with van der Waals surface area (Å²) in [5.74, 6) is 0.115. The van der Waals surface area contributed by atoms with Crippen molar-refractivity contribution in [3.63, 3.8) is 0 Å². The normalized spacial score (nSPS) is 11.7. The van der Waals surface area contributed by atoms with Crippen molar-refractivity contribution < 1.29 is 18.7 Å². The average molecular weight is 385 g/mol. The molecule has 7 nitrogen and oxygen atoms in total. The fraction of sp³-hybridized carbons (Fsp3) is 0.211. The maximum atomic E-state index is 12.4. The molecule has 2 aromatic heterocycles. The largest absolute Gasteiger partial charge is 0.497 e. The van der Waals surface area contributed by atoms with Crippen LogP contribution < -0.4 is 15.4 Å². The van der Waals surface area contributed by atoms with E-state index in [1.54, 1.807) is 20.1 Å². The predicted molar refractivity (Wildman–Crippen MR) is 103 cm³/mol. The van der Waals surface area contributed by atoms with Crippen LogP contribution in [0.3, 0.4) is 0 Å². The lowest BCUT2D eigenvalue weighted by molar-refractivity contribution is -0.117. The monoisotopic (exact) mass is 385 g/mol. The van der Waals surface area contributed by atoms with Gasteiger partial charge in [0.05, 0.1) is 19.1 Å². The van der Waals surface area contributed by atoms with Gasteiger partial charge in [-0.25, -0.2) is 4.98 Å². The Morgan fingerprint density at radius 2 is 1.96 bits per heavy atom. The van der Waals surface area contributed by atoms with Gasteiger partial charge in [0, 0.05) is 10.4 Å². The smallest absolute Gasteiger partial charge is 0.287 e. The van der Waals surface area contributed by atoms with Crippen LogP contribution in [0.2, 0.25) is 0 Å². The number of aromatic nitrogens is 1. The Labute approximate surface area is 160 Å². The maximum Gasteiger partial charge on any atom is 0.287 e. The molecule has 0 fully saturated rings. The summed E-state index contributed by atoms with van der Waals surface area (Å²) in [7, 11) is 1.61. The van der Waals surface area contributed by atoms with Crippen LogP contribution in [0.4, 0.5) is 5.13 Å². The topological polar surface area (TPSA) is 93.5 Å². The fourth-order valence-corrected chi connectivity index (χ4v) is 3.26. The number of rotatable bonds is 6. The number of nitrogens with one attached hydrogen (secondary N) is 2. The standard InChI is InChI=1S/C19H19N3O4S/c1-11(20-18(24)15-5-4-10-26-15)17(23)22-19-21-16(12(2)27-19)13-6-8-14(25-3)9-7-13/h4-11H,1-3H3,(H,20,24)(H,21,22,23)/t11-/m0/s1. The Morgan fingerprint density at radius 1 is 1.22 bits per heavy atom. The fourth-order valence-electron chi connectivity index (χ4n) is 2.42. The molecular weight excluding hydrogens is 366 g/mol. The highest BCUT2D eigenvalue weighted by molar-refractivity contribution is 7.16. The van der Waals surface area contributed by atoms with Gasteiger partial charge in [0.25, 0.3) is 5.91 Å². The lowest BCUT2D eigenvalue weighted by atomic mass is 10.1. The lowest BCUT2D eigenvalue weighted by Gasteiger charge is -2.11. The van der Waals surface area contributed by atoms with Gasteiger partial charge in [-0.05, 0) is 50.2 Å². The summed E-state index contributed by atoms with van der Waals surface area (Å²) in [5.41, 5.74) is 1.73. The number of thiazole rings is 1. The van der Waals surface area contributed by atoms with Crippen molar-refractivity contribution in [1.82, 2.24) is 10.3 Å². The van der Waals surface area contributed by atoms with Crippen molar-refractivity contribution >= 4 is 28.3 Å². The number of furan rings is 1. The molecule has 0 bridgehead atoms. The van der Waals surface area contributed by atoms with E-state index < -0.39 is 11.9 Å². The SMILES string of the molecule is COc1ccc(-c2nc(NC(=O)[C@H](C)NC(=O)c3ccco3)sc2C)cc1. The van der Waals surface area contributed by atoms with Crippen molar-refractivity contribution in [3.05, 3.63) is 53.3 Å². The van der Waals surface area contributed by atoms with E-state index in [0.29, 0.717) is 5.13 Å². The number of carbonyl (C=O) groups excluding carboxylic acids is 2. The number of hydrogen-bond donors (Lipinski definition) is 2. The van der Waals surface area contributed by atoms with Gasteiger partial charge in [-0.15, -0.1) is 11.3 Å². The van der Waals surface area contributed by atoms with Crippen LogP contribution in [0.1, 0.15) is 22.4 Å². The quantitative estimate of drug-likeness (QED) is 0.678. The first-order valence-electron chi connectivity index (χ1n) is 8.25. The van der Waals surface area contributed by atoms with Crippen molar-refractivity contribution in [2.24, 2.45) is 0 Å². The number of methoxy groups -OCH3 is 1. The summed E-state index contributed by atoms with van der Waals surface area (Å²) in [4.78, 5) is 29.8. The number of aryl methyl sites for hydroxylation is 1. The summed E-state index contributed by atoms with van der Waals surface area (Å²) >= 11 is 1.38. The van der Waals surface area contributed by atoms with E-state index in [0.717, 1.165) is 21.9 Å². The van der Waals surface area contributed by atoms with Crippen LogP contribution in [0, 0.1) is 6.92 Å². The molecule has 140 valence electrons. The summed E-state index contributed by atoms with van der Waals surface area (Å²) in [5, 5.41) is 5.81. The minimum Gasteiger partial charge on any atom is -0.497 e. The molecule has 8 heteroatoms. The van der Waals surface area contributed by atoms with E-state index in [4.69, 9.17) is 9.15 Å². The number of nitrogens with zero attached hydrogens (tertiary/aromatic N) is 1. The molecule has 0 aliphatic heterocycles. The molecule has 27 heavy (non-hydrogen) atoms. The van der Waals surface area contributed by atoms with Gasteiger partial charge in [-0.3, -0.25) is 9.59 Å². The Balaban J connectivity index is 1.66. The zero-order chi connectivity index (χ0) is 19.4. The van der Waals surface area contributed by atoms with E-state index in [-0.39, 0.29) is 11.7 Å². The number of carbonyl (C=O) groups is 2. The first kappa shape index (κ1) is 18.7. The van der Waals surface area contributed by atoms with Crippen molar-refractivity contribution in [2.45, 2.75) is 19.9 Å². The molecule has 2 heterocycles. The summed E-state index contributed by atoms with van der Waals surface area (Å²) < 4.78 is 10.2. The molecule has 0 saturated carbocycles. The van der Waals surface area contributed by atoms with Crippen LogP contribution in [-0.4, -0.2) is 29.9 Å². The number of ether oxygens (including phenoxy) is 1. The first-order valence-corrected chi connectivity index (χ1v) is 9.06. The van der Waals surface area contributed by atoms with E-state index in [1.165, 1.54) is 23.7 Å². The molecule has 0 aliphatic carbocycles. The summed E-state index contributed by atoms with van der Waals surface area (Å²) in [6, 6.07) is 9.95. The summed E-state index contributed by atoms with van der Waals surface area (Å²) in [6.07, 6.45) is 1.40. The average Bonchev–Trinajstić information content (AvgIpc) is 3.31. The van der Waals surface area contributed by atoms with E-state index in [9.17, 15) is 9.59 Å². The second-order valence-electron chi connectivity index (χ2n) is 5.81. The van der Waals surface area contributed by atoms with E-state index in [2.05, 4.69) is 15.6 Å². The number of hydrogen-bond acceptors (Lipinski definition) is 6. The molecule has 0 unspecified atom stereocenters. The minimum atomic E-state index is -0.740. The first-order chi connectivity index (χ1) is 13.0. The van der Waals surface area contributed by atoms with Crippen molar-refractivity contribution in [3.8, 4) is 17.0 Å². The van der Waals surface area contributed by atoms with E-state index in [1.807, 2.05) is 31.2 Å². The highest BCUT2D eigenvalue weighted by Crippen LogP contribution is 2.31. The molecule has 0 aliphatic rings. The highest BCUT2D eigenvalue weighted by atomic mass is 32.1. The molecule has 2 N–H and O–H groups in total. The second kappa shape index (κ2) is 8.05. The third-order valence-corrected chi connectivity index (χ3v) is 4.76. The van der Waals surface area contributed by atoms with Gasteiger partial charge in [0.1, 0.15) is 11.8 Å². The molecular formula is C19H19N3O4S. The lowest BCUT2D eigenvalue weighted by Crippen LogP contribution is -2.41. The minimum absolute atomic E-state index is 0.154. The van der Waals surface area contributed by atoms with Gasteiger partial charge in [-0.2, -0.15) is 0 Å². The Hall–Kier alpha value is -3.13. The van der Waals surface area contributed by atoms with Crippen molar-refractivity contribution in [1.29, 1.82) is 0 Å². The highest BCUT2D eigenvalue weighted by Gasteiger charge is 2.20. The molecule has 0 radical (unpaired) electrons. The zero-order valence-corrected chi connectivity index (χ0v) is 15.9. The van der Waals surface area contributed by atoms with Gasteiger partial charge < -0.3 is 19.8 Å². The third kappa shape index (κ3) is 4.35. The Kier molecular flexibility index (Phi) is 5.56. The predicted octanol–water partition coefficient (Wildman–Crippen LogP) is 3.48. The van der Waals surface area contributed by atoms with Crippen LogP contribution in [0.15, 0.2) is 47.1 Å². The van der Waals surface area contributed by atoms with Crippen LogP contribution in [0.25, 0.3) is 11.3 Å². The van der Waals surface area contributed by atoms with Gasteiger partial charge in [0.15, 0.2) is 10.9 Å². The molecule has 3 aromatic rings. The van der Waals surface area contributed by atoms with Crippen LogP contribution >= 0.6 is 11.3 Å². The van der Waals surface area contributed by atoms with E-state index >= 15 is 0 Å². The zero-order valence-electron chi connectivity index (χ0n) is 15.1. The van der Waals surface area contributed by atoms with Crippen LogP contribution in [-0.2, 0) is 4.79 Å². The number of benzene rings is 1.